The van der Waals surface area contributed by atoms with Crippen LogP contribution in [0, 0.1) is 0 Å². The van der Waals surface area contributed by atoms with Crippen LogP contribution < -0.4 is 0 Å². The zero-order chi connectivity index (χ0) is 17.1. The minimum atomic E-state index is 0.0411. The van der Waals surface area contributed by atoms with Gasteiger partial charge in [-0.3, -0.25) is 4.79 Å². The summed E-state index contributed by atoms with van der Waals surface area (Å²) in [5.41, 5.74) is 2.22. The van der Waals surface area contributed by atoms with E-state index in [0.717, 1.165) is 33.4 Å². The predicted molar refractivity (Wildman–Crippen MR) is 112 cm³/mol. The highest BCUT2D eigenvalue weighted by Crippen LogP contribution is 2.31. The SMILES string of the molecule is C=C(CCSCC)SC(=C)N(I)C(=O)C/C(C=C(C)C)=C/C. The molecule has 0 unspecified atom stereocenters. The molecule has 0 atom stereocenters. The molecule has 0 aliphatic carbocycles. The van der Waals surface area contributed by atoms with Crippen molar-refractivity contribution in [3.63, 3.8) is 0 Å². The number of hydrogen-bond acceptors (Lipinski definition) is 3. The van der Waals surface area contributed by atoms with Crippen molar-refractivity contribution in [3.05, 3.63) is 46.4 Å². The lowest BCUT2D eigenvalue weighted by atomic mass is 10.1. The Morgan fingerprint density at radius 3 is 2.45 bits per heavy atom. The number of amides is 1. The van der Waals surface area contributed by atoms with Crippen molar-refractivity contribution in [1.29, 1.82) is 0 Å². The average Bonchev–Trinajstić information content (AvgIpc) is 2.45. The Morgan fingerprint density at radius 2 is 1.95 bits per heavy atom. The number of halogens is 1. The van der Waals surface area contributed by atoms with E-state index in [-0.39, 0.29) is 5.91 Å². The third-order valence-corrected chi connectivity index (χ3v) is 5.89. The first kappa shape index (κ1) is 21.9. The Balaban J connectivity index is 4.46. The Labute approximate surface area is 158 Å². The summed E-state index contributed by atoms with van der Waals surface area (Å²) < 4.78 is 1.60. The molecular formula is C17H26INOS2. The Bertz CT molecular complexity index is 465. The second-order valence-electron chi connectivity index (χ2n) is 4.92. The van der Waals surface area contributed by atoms with E-state index < -0.39 is 0 Å². The number of rotatable bonds is 10. The van der Waals surface area contributed by atoms with E-state index in [4.69, 9.17) is 0 Å². The summed E-state index contributed by atoms with van der Waals surface area (Å²) in [4.78, 5) is 13.4. The highest BCUT2D eigenvalue weighted by Gasteiger charge is 2.16. The third kappa shape index (κ3) is 9.79. The maximum atomic E-state index is 12.3. The predicted octanol–water partition coefficient (Wildman–Crippen LogP) is 6.33. The van der Waals surface area contributed by atoms with E-state index in [1.54, 1.807) is 3.11 Å². The molecule has 0 spiro atoms. The lowest BCUT2D eigenvalue weighted by Gasteiger charge is -2.18. The Hall–Kier alpha value is -0.140. The summed E-state index contributed by atoms with van der Waals surface area (Å²) >= 11 is 5.42. The fourth-order valence-corrected chi connectivity index (χ4v) is 3.57. The molecule has 1 amide bonds. The van der Waals surface area contributed by atoms with Crippen LogP contribution in [0.4, 0.5) is 0 Å². The van der Waals surface area contributed by atoms with Crippen molar-refractivity contribution in [2.75, 3.05) is 11.5 Å². The zero-order valence-electron chi connectivity index (χ0n) is 13.9. The summed E-state index contributed by atoms with van der Waals surface area (Å²) in [6.07, 6.45) is 5.35. The fourth-order valence-electron chi connectivity index (χ4n) is 1.58. The summed E-state index contributed by atoms with van der Waals surface area (Å²) in [7, 11) is 0. The Morgan fingerprint density at radius 1 is 1.32 bits per heavy atom. The molecule has 0 aromatic carbocycles. The van der Waals surface area contributed by atoms with Crippen molar-refractivity contribution < 1.29 is 4.79 Å². The minimum absolute atomic E-state index is 0.0411. The molecule has 124 valence electrons. The van der Waals surface area contributed by atoms with Crippen molar-refractivity contribution in [3.8, 4) is 0 Å². The van der Waals surface area contributed by atoms with E-state index in [1.165, 1.54) is 17.3 Å². The molecule has 0 aromatic rings. The van der Waals surface area contributed by atoms with Gasteiger partial charge in [0.2, 0.25) is 5.91 Å². The van der Waals surface area contributed by atoms with Gasteiger partial charge in [0.25, 0.3) is 0 Å². The smallest absolute Gasteiger partial charge is 0.240 e. The summed E-state index contributed by atoms with van der Waals surface area (Å²) in [5.74, 6) is 2.22. The standard InChI is InChI=1S/C17H26INOS2/c1-7-16(11-13(3)4)12-17(20)19(18)15(6)22-14(5)9-10-21-8-2/h7,11H,5-6,8-10,12H2,1-4H3/b16-7+. The highest BCUT2D eigenvalue weighted by atomic mass is 127. The van der Waals surface area contributed by atoms with Crippen LogP contribution in [0.5, 0.6) is 0 Å². The first-order chi connectivity index (χ1) is 10.3. The molecular weight excluding hydrogens is 425 g/mol. The van der Waals surface area contributed by atoms with E-state index in [1.807, 2.05) is 67.5 Å². The van der Waals surface area contributed by atoms with Crippen LogP contribution >= 0.6 is 46.4 Å². The lowest BCUT2D eigenvalue weighted by molar-refractivity contribution is -0.123. The summed E-state index contributed by atoms with van der Waals surface area (Å²) in [6, 6.07) is 0. The monoisotopic (exact) mass is 451 g/mol. The molecule has 0 fully saturated rings. The molecule has 2 nitrogen and oxygen atoms in total. The molecule has 0 radical (unpaired) electrons. The maximum Gasteiger partial charge on any atom is 0.240 e. The molecule has 0 N–H and O–H groups in total. The van der Waals surface area contributed by atoms with Gasteiger partial charge in [0.1, 0.15) is 0 Å². The molecule has 0 heterocycles. The molecule has 0 aromatic heterocycles. The molecule has 0 aliphatic heterocycles. The molecule has 22 heavy (non-hydrogen) atoms. The van der Waals surface area contributed by atoms with Gasteiger partial charge < -0.3 is 0 Å². The van der Waals surface area contributed by atoms with Gasteiger partial charge in [-0.25, -0.2) is 3.11 Å². The second kappa shape index (κ2) is 12.3. The van der Waals surface area contributed by atoms with Gasteiger partial charge in [-0.05, 0) is 49.2 Å². The molecule has 0 saturated carbocycles. The normalized spacial score (nSPS) is 11.0. The van der Waals surface area contributed by atoms with Crippen LogP contribution in [-0.2, 0) is 4.79 Å². The third-order valence-electron chi connectivity index (χ3n) is 2.63. The number of hydrogen-bond donors (Lipinski definition) is 0. The van der Waals surface area contributed by atoms with Gasteiger partial charge >= 0.3 is 0 Å². The first-order valence-corrected chi connectivity index (χ1v) is 10.2. The van der Waals surface area contributed by atoms with E-state index in [2.05, 4.69) is 20.1 Å². The summed E-state index contributed by atoms with van der Waals surface area (Å²) in [6.45, 7) is 16.2. The number of carbonyl (C=O) groups is 1. The van der Waals surface area contributed by atoms with E-state index in [9.17, 15) is 4.79 Å². The fraction of sp³-hybridized carbons (Fsp3) is 0.471. The van der Waals surface area contributed by atoms with Crippen LogP contribution in [0.1, 0.15) is 40.5 Å². The van der Waals surface area contributed by atoms with Gasteiger partial charge in [0.05, 0.1) is 34.3 Å². The second-order valence-corrected chi connectivity index (χ2v) is 8.53. The number of allylic oxidation sites excluding steroid dienone is 4. The van der Waals surface area contributed by atoms with Crippen LogP contribution in [-0.4, -0.2) is 20.5 Å². The number of thioether (sulfide) groups is 2. The van der Waals surface area contributed by atoms with Crippen LogP contribution in [0.15, 0.2) is 46.4 Å². The van der Waals surface area contributed by atoms with Gasteiger partial charge in [-0.15, -0.1) is 0 Å². The largest absolute Gasteiger partial charge is 0.273 e. The summed E-state index contributed by atoms with van der Waals surface area (Å²) in [5, 5.41) is 0.727. The molecule has 0 bridgehead atoms. The quantitative estimate of drug-likeness (QED) is 0.168. The van der Waals surface area contributed by atoms with E-state index in [0.29, 0.717) is 6.42 Å². The van der Waals surface area contributed by atoms with Crippen molar-refractivity contribution in [1.82, 2.24) is 3.11 Å². The molecule has 5 heteroatoms. The molecule has 0 saturated heterocycles. The van der Waals surface area contributed by atoms with Gasteiger partial charge in [0.15, 0.2) is 0 Å². The van der Waals surface area contributed by atoms with Crippen molar-refractivity contribution in [2.45, 2.75) is 40.5 Å². The van der Waals surface area contributed by atoms with Gasteiger partial charge in [-0.2, -0.15) is 11.8 Å². The van der Waals surface area contributed by atoms with Crippen LogP contribution in [0.25, 0.3) is 0 Å². The van der Waals surface area contributed by atoms with Crippen LogP contribution in [0.3, 0.4) is 0 Å². The maximum absolute atomic E-state index is 12.3. The number of nitrogens with zero attached hydrogens (tertiary/aromatic N) is 1. The van der Waals surface area contributed by atoms with Gasteiger partial charge in [-0.1, -0.05) is 49.6 Å². The van der Waals surface area contributed by atoms with Crippen LogP contribution in [0.2, 0.25) is 0 Å². The average molecular weight is 451 g/mol. The molecule has 0 aliphatic rings. The highest BCUT2D eigenvalue weighted by molar-refractivity contribution is 14.1. The van der Waals surface area contributed by atoms with Gasteiger partial charge in [0, 0.05) is 0 Å². The first-order valence-electron chi connectivity index (χ1n) is 7.22. The topological polar surface area (TPSA) is 20.3 Å². The molecule has 0 rings (SSSR count). The minimum Gasteiger partial charge on any atom is -0.273 e. The van der Waals surface area contributed by atoms with Crippen molar-refractivity contribution >= 4 is 52.3 Å². The van der Waals surface area contributed by atoms with E-state index >= 15 is 0 Å². The Kier molecular flexibility index (Phi) is 12.2. The van der Waals surface area contributed by atoms with Crippen molar-refractivity contribution in [2.24, 2.45) is 0 Å². The lowest BCUT2D eigenvalue weighted by Crippen LogP contribution is -2.18. The zero-order valence-corrected chi connectivity index (χ0v) is 17.7. The number of carbonyl (C=O) groups excluding carboxylic acids is 1.